The normalized spacial score (nSPS) is 14.0. The number of aromatic nitrogens is 2. The van der Waals surface area contributed by atoms with Crippen molar-refractivity contribution in [3.63, 3.8) is 0 Å². The summed E-state index contributed by atoms with van der Waals surface area (Å²) in [5, 5.41) is 16.7. The summed E-state index contributed by atoms with van der Waals surface area (Å²) in [4.78, 5) is 7.54. The van der Waals surface area contributed by atoms with Gasteiger partial charge in [-0.3, -0.25) is 4.98 Å². The van der Waals surface area contributed by atoms with Gasteiger partial charge in [0.1, 0.15) is 5.75 Å². The van der Waals surface area contributed by atoms with Crippen LogP contribution in [0.15, 0.2) is 59.6 Å². The molecule has 3 aromatic heterocycles. The number of hydrogen-bond donors (Lipinski definition) is 2. The highest BCUT2D eigenvalue weighted by Crippen LogP contribution is 2.41. The van der Waals surface area contributed by atoms with E-state index in [1.54, 1.807) is 24.6 Å². The van der Waals surface area contributed by atoms with E-state index < -0.39 is 5.60 Å². The van der Waals surface area contributed by atoms with Crippen LogP contribution < -0.4 is 4.74 Å². The summed E-state index contributed by atoms with van der Waals surface area (Å²) in [7, 11) is 1.70. The van der Waals surface area contributed by atoms with E-state index in [0.717, 1.165) is 27.9 Å². The SMILES string of the molecule is COc1ccc(-c2ccsc2)cc1C(C)(C)CC(C)(O)Cc1cc2ccncc2[nH]1. The molecule has 0 bridgehead atoms. The molecular formula is C25H28N2O2S. The van der Waals surface area contributed by atoms with Crippen LogP contribution in [0.25, 0.3) is 22.0 Å². The smallest absolute Gasteiger partial charge is 0.122 e. The Morgan fingerprint density at radius 3 is 2.63 bits per heavy atom. The molecule has 2 N–H and O–H groups in total. The van der Waals surface area contributed by atoms with Crippen LogP contribution in [0.2, 0.25) is 0 Å². The predicted molar refractivity (Wildman–Crippen MR) is 124 cm³/mol. The van der Waals surface area contributed by atoms with Gasteiger partial charge in [0.2, 0.25) is 0 Å². The van der Waals surface area contributed by atoms with Gasteiger partial charge in [0.25, 0.3) is 0 Å². The third kappa shape index (κ3) is 4.27. The number of fused-ring (bicyclic) bond motifs is 1. The lowest BCUT2D eigenvalue weighted by Crippen LogP contribution is -2.36. The van der Waals surface area contributed by atoms with Crippen LogP contribution in [0.1, 0.15) is 38.4 Å². The highest BCUT2D eigenvalue weighted by Gasteiger charge is 2.34. The maximum absolute atomic E-state index is 11.3. The third-order valence-electron chi connectivity index (χ3n) is 5.66. The van der Waals surface area contributed by atoms with E-state index in [4.69, 9.17) is 4.74 Å². The van der Waals surface area contributed by atoms with E-state index in [9.17, 15) is 5.11 Å². The van der Waals surface area contributed by atoms with Gasteiger partial charge in [0.05, 0.1) is 24.4 Å². The van der Waals surface area contributed by atoms with E-state index in [1.165, 1.54) is 11.1 Å². The molecule has 0 amide bonds. The Morgan fingerprint density at radius 1 is 1.10 bits per heavy atom. The van der Waals surface area contributed by atoms with Gasteiger partial charge in [-0.05, 0) is 71.0 Å². The minimum Gasteiger partial charge on any atom is -0.496 e. The molecule has 1 unspecified atom stereocenters. The molecular weight excluding hydrogens is 392 g/mol. The second-order valence-electron chi connectivity index (χ2n) is 8.92. The lowest BCUT2D eigenvalue weighted by Gasteiger charge is -2.35. The van der Waals surface area contributed by atoms with Crippen LogP contribution in [0.5, 0.6) is 5.75 Å². The van der Waals surface area contributed by atoms with Crippen molar-refractivity contribution in [3.05, 3.63) is 70.8 Å². The van der Waals surface area contributed by atoms with Gasteiger partial charge in [0, 0.05) is 29.3 Å². The molecule has 1 atom stereocenters. The van der Waals surface area contributed by atoms with Gasteiger partial charge in [-0.1, -0.05) is 19.9 Å². The molecule has 0 radical (unpaired) electrons. The molecule has 4 rings (SSSR count). The third-order valence-corrected chi connectivity index (χ3v) is 6.34. The maximum Gasteiger partial charge on any atom is 0.122 e. The van der Waals surface area contributed by atoms with Gasteiger partial charge in [-0.15, -0.1) is 0 Å². The van der Waals surface area contributed by atoms with Crippen molar-refractivity contribution in [1.29, 1.82) is 0 Å². The van der Waals surface area contributed by atoms with Gasteiger partial charge >= 0.3 is 0 Å². The number of methoxy groups -OCH3 is 1. The first-order chi connectivity index (χ1) is 14.3. The number of nitrogens with zero attached hydrogens (tertiary/aromatic N) is 1. The first kappa shape index (κ1) is 20.6. The van der Waals surface area contributed by atoms with Crippen molar-refractivity contribution in [2.45, 2.75) is 44.6 Å². The standard InChI is InChI=1S/C25H28N2O2S/c1-24(2,21-12-17(5-6-23(21)29-4)19-8-10-30-15-19)16-25(3,28)13-20-11-18-7-9-26-14-22(18)27-20/h5-12,14-15,27-28H,13,16H2,1-4H3. The van der Waals surface area contributed by atoms with Crippen molar-refractivity contribution in [3.8, 4) is 16.9 Å². The zero-order chi connectivity index (χ0) is 21.4. The average molecular weight is 421 g/mol. The molecule has 0 aliphatic heterocycles. The summed E-state index contributed by atoms with van der Waals surface area (Å²) < 4.78 is 5.68. The minimum absolute atomic E-state index is 0.283. The summed E-state index contributed by atoms with van der Waals surface area (Å²) in [6, 6.07) is 12.5. The molecule has 0 saturated heterocycles. The fourth-order valence-corrected chi connectivity index (χ4v) is 5.16. The molecule has 1 aromatic carbocycles. The fourth-order valence-electron chi connectivity index (χ4n) is 4.49. The van der Waals surface area contributed by atoms with Gasteiger partial charge < -0.3 is 14.8 Å². The average Bonchev–Trinajstić information content (AvgIpc) is 3.35. The quantitative estimate of drug-likeness (QED) is 0.388. The molecule has 0 spiro atoms. The summed E-state index contributed by atoms with van der Waals surface area (Å²) in [6.07, 6.45) is 4.74. The number of nitrogens with one attached hydrogen (secondary N) is 1. The summed E-state index contributed by atoms with van der Waals surface area (Å²) in [6.45, 7) is 6.26. The molecule has 4 nitrogen and oxygen atoms in total. The number of hydrogen-bond acceptors (Lipinski definition) is 4. The zero-order valence-corrected chi connectivity index (χ0v) is 18.7. The molecule has 30 heavy (non-hydrogen) atoms. The fraction of sp³-hybridized carbons (Fsp3) is 0.320. The molecule has 0 aliphatic rings. The van der Waals surface area contributed by atoms with Crippen molar-refractivity contribution < 1.29 is 9.84 Å². The summed E-state index contributed by atoms with van der Waals surface area (Å²) >= 11 is 1.69. The van der Waals surface area contributed by atoms with Crippen LogP contribution in [0.4, 0.5) is 0 Å². The first-order valence-electron chi connectivity index (χ1n) is 10.1. The number of ether oxygens (including phenoxy) is 1. The Hall–Kier alpha value is -2.63. The monoisotopic (exact) mass is 420 g/mol. The van der Waals surface area contributed by atoms with Gasteiger partial charge in [0.15, 0.2) is 0 Å². The Morgan fingerprint density at radius 2 is 1.93 bits per heavy atom. The van der Waals surface area contributed by atoms with E-state index >= 15 is 0 Å². The largest absolute Gasteiger partial charge is 0.496 e. The Labute approximate surface area is 181 Å². The molecule has 4 aromatic rings. The lowest BCUT2D eigenvalue weighted by atomic mass is 9.73. The zero-order valence-electron chi connectivity index (χ0n) is 17.9. The van der Waals surface area contributed by atoms with Crippen LogP contribution in [0, 0.1) is 0 Å². The van der Waals surface area contributed by atoms with E-state index in [2.05, 4.69) is 58.8 Å². The first-order valence-corrected chi connectivity index (χ1v) is 11.1. The summed E-state index contributed by atoms with van der Waals surface area (Å²) in [5.41, 5.74) is 4.32. The second-order valence-corrected chi connectivity index (χ2v) is 9.70. The number of aliphatic hydroxyl groups is 1. The molecule has 0 saturated carbocycles. The van der Waals surface area contributed by atoms with E-state index in [0.29, 0.717) is 12.8 Å². The number of rotatable bonds is 7. The number of thiophene rings is 1. The van der Waals surface area contributed by atoms with Crippen LogP contribution in [-0.2, 0) is 11.8 Å². The highest BCUT2D eigenvalue weighted by atomic mass is 32.1. The number of aromatic amines is 1. The van der Waals surface area contributed by atoms with Crippen molar-refractivity contribution in [1.82, 2.24) is 9.97 Å². The maximum atomic E-state index is 11.3. The Kier molecular flexibility index (Phi) is 5.43. The van der Waals surface area contributed by atoms with Crippen LogP contribution in [0.3, 0.4) is 0 Å². The van der Waals surface area contributed by atoms with Crippen LogP contribution in [-0.4, -0.2) is 27.8 Å². The van der Waals surface area contributed by atoms with Crippen molar-refractivity contribution >= 4 is 22.2 Å². The Balaban J connectivity index is 1.61. The van der Waals surface area contributed by atoms with E-state index in [1.807, 2.05) is 25.3 Å². The minimum atomic E-state index is -0.888. The number of H-pyrrole nitrogens is 1. The Bertz CT molecular complexity index is 1110. The molecule has 0 aliphatic carbocycles. The van der Waals surface area contributed by atoms with Crippen molar-refractivity contribution in [2.75, 3.05) is 7.11 Å². The number of benzene rings is 1. The molecule has 156 valence electrons. The number of pyridine rings is 1. The summed E-state index contributed by atoms with van der Waals surface area (Å²) in [5.74, 6) is 0.853. The highest BCUT2D eigenvalue weighted by molar-refractivity contribution is 7.08. The second kappa shape index (κ2) is 7.89. The van der Waals surface area contributed by atoms with Gasteiger partial charge in [-0.2, -0.15) is 11.3 Å². The molecule has 3 heterocycles. The molecule has 5 heteroatoms. The van der Waals surface area contributed by atoms with Gasteiger partial charge in [-0.25, -0.2) is 0 Å². The topological polar surface area (TPSA) is 58.1 Å². The van der Waals surface area contributed by atoms with Crippen molar-refractivity contribution in [2.24, 2.45) is 0 Å². The lowest BCUT2D eigenvalue weighted by molar-refractivity contribution is 0.0306. The predicted octanol–water partition coefficient (Wildman–Crippen LogP) is 5.96. The van der Waals surface area contributed by atoms with Crippen LogP contribution >= 0.6 is 11.3 Å². The van der Waals surface area contributed by atoms with E-state index in [-0.39, 0.29) is 5.41 Å². The molecule has 0 fully saturated rings.